The minimum absolute atomic E-state index is 0.0787. The van der Waals surface area contributed by atoms with Crippen molar-refractivity contribution in [3.8, 4) is 5.75 Å². The maximum Gasteiger partial charge on any atom is 0.387 e. The van der Waals surface area contributed by atoms with Crippen molar-refractivity contribution in [2.75, 3.05) is 6.61 Å². The molecule has 0 atom stereocenters. The zero-order chi connectivity index (χ0) is 11.3. The second kappa shape index (κ2) is 5.23. The predicted octanol–water partition coefficient (Wildman–Crippen LogP) is 1.86. The zero-order valence-electron chi connectivity index (χ0n) is 7.94. The van der Waals surface area contributed by atoms with E-state index >= 15 is 0 Å². The minimum atomic E-state index is -2.94. The molecule has 0 fully saturated rings. The van der Waals surface area contributed by atoms with Gasteiger partial charge in [-0.05, 0) is 13.0 Å². The molecule has 1 aromatic heterocycles. The van der Waals surface area contributed by atoms with Gasteiger partial charge in [0.25, 0.3) is 0 Å². The molecular weight excluding hydrogens is 208 g/mol. The van der Waals surface area contributed by atoms with Gasteiger partial charge in [-0.15, -0.1) is 0 Å². The maximum absolute atomic E-state index is 11.8. The van der Waals surface area contributed by atoms with Gasteiger partial charge >= 0.3 is 12.6 Å². The molecule has 0 aliphatic carbocycles. The highest BCUT2D eigenvalue weighted by Gasteiger charge is 2.10. The van der Waals surface area contributed by atoms with Crippen LogP contribution in [0.2, 0.25) is 0 Å². The highest BCUT2D eigenvalue weighted by Crippen LogP contribution is 2.14. The smallest absolute Gasteiger partial charge is 0.387 e. The first kappa shape index (κ1) is 11.4. The third-order valence-electron chi connectivity index (χ3n) is 1.45. The topological polar surface area (TPSA) is 48.4 Å². The molecule has 6 heteroatoms. The fourth-order valence-electron chi connectivity index (χ4n) is 0.912. The quantitative estimate of drug-likeness (QED) is 0.722. The van der Waals surface area contributed by atoms with Crippen molar-refractivity contribution in [2.24, 2.45) is 0 Å². The van der Waals surface area contributed by atoms with Crippen LogP contribution in [0.15, 0.2) is 18.5 Å². The number of carbonyl (C=O) groups is 1. The number of ether oxygens (including phenoxy) is 2. The highest BCUT2D eigenvalue weighted by atomic mass is 19.3. The second-order valence-corrected chi connectivity index (χ2v) is 2.51. The van der Waals surface area contributed by atoms with Gasteiger partial charge in [0.2, 0.25) is 0 Å². The molecule has 0 spiro atoms. The van der Waals surface area contributed by atoms with Gasteiger partial charge in [-0.25, -0.2) is 4.79 Å². The Morgan fingerprint density at radius 3 is 2.87 bits per heavy atom. The molecule has 0 N–H and O–H groups in total. The van der Waals surface area contributed by atoms with Crippen LogP contribution in [0.1, 0.15) is 17.3 Å². The molecule has 0 saturated heterocycles. The summed E-state index contributed by atoms with van der Waals surface area (Å²) in [5, 5.41) is 0. The fourth-order valence-corrected chi connectivity index (χ4v) is 0.912. The molecule has 0 aliphatic rings. The Morgan fingerprint density at radius 1 is 1.53 bits per heavy atom. The summed E-state index contributed by atoms with van der Waals surface area (Å²) in [6.45, 7) is -1.09. The van der Waals surface area contributed by atoms with Crippen LogP contribution in [0.5, 0.6) is 5.75 Å². The predicted molar refractivity (Wildman–Crippen MR) is 46.8 cm³/mol. The summed E-state index contributed by atoms with van der Waals surface area (Å²) in [7, 11) is 0. The Hall–Kier alpha value is -1.72. The Bertz CT molecular complexity index is 344. The van der Waals surface area contributed by atoms with E-state index in [0.29, 0.717) is 0 Å². The molecule has 1 heterocycles. The summed E-state index contributed by atoms with van der Waals surface area (Å²) in [5.74, 6) is -0.791. The van der Waals surface area contributed by atoms with Crippen LogP contribution >= 0.6 is 0 Å². The Kier molecular flexibility index (Phi) is 3.96. The molecular formula is C9H9F2NO3. The first-order valence-electron chi connectivity index (χ1n) is 4.20. The van der Waals surface area contributed by atoms with E-state index in [0.717, 1.165) is 12.3 Å². The number of pyridine rings is 1. The highest BCUT2D eigenvalue weighted by molar-refractivity contribution is 5.89. The van der Waals surface area contributed by atoms with Gasteiger partial charge in [0.1, 0.15) is 5.75 Å². The van der Waals surface area contributed by atoms with Crippen LogP contribution in [-0.2, 0) is 4.74 Å². The van der Waals surface area contributed by atoms with Crippen LogP contribution in [0.25, 0.3) is 0 Å². The molecule has 0 amide bonds. The molecule has 1 aromatic rings. The van der Waals surface area contributed by atoms with E-state index in [1.807, 2.05) is 0 Å². The van der Waals surface area contributed by atoms with Crippen molar-refractivity contribution in [3.63, 3.8) is 0 Å². The Balaban J connectivity index is 2.78. The molecule has 1 rings (SSSR count). The fraction of sp³-hybridized carbons (Fsp3) is 0.333. The molecule has 0 saturated carbocycles. The van der Waals surface area contributed by atoms with Gasteiger partial charge in [0.15, 0.2) is 0 Å². The van der Waals surface area contributed by atoms with Gasteiger partial charge < -0.3 is 9.47 Å². The summed E-state index contributed by atoms with van der Waals surface area (Å²) >= 11 is 0. The van der Waals surface area contributed by atoms with Crippen LogP contribution in [0, 0.1) is 0 Å². The number of halogens is 2. The first-order chi connectivity index (χ1) is 7.13. The third-order valence-corrected chi connectivity index (χ3v) is 1.45. The number of nitrogens with zero attached hydrogens (tertiary/aromatic N) is 1. The number of carbonyl (C=O) groups excluding carboxylic acids is 1. The number of hydrogen-bond donors (Lipinski definition) is 0. The number of rotatable bonds is 4. The van der Waals surface area contributed by atoms with Crippen molar-refractivity contribution in [1.29, 1.82) is 0 Å². The number of aromatic nitrogens is 1. The molecule has 0 aliphatic heterocycles. The largest absolute Gasteiger partial charge is 0.462 e. The number of hydrogen-bond acceptors (Lipinski definition) is 4. The van der Waals surface area contributed by atoms with Gasteiger partial charge in [-0.2, -0.15) is 8.78 Å². The summed E-state index contributed by atoms with van der Waals surface area (Å²) in [5.41, 5.74) is 0.0787. The summed E-state index contributed by atoms with van der Waals surface area (Å²) in [6, 6.07) is 1.15. The molecule has 15 heavy (non-hydrogen) atoms. The van der Waals surface area contributed by atoms with E-state index in [4.69, 9.17) is 0 Å². The lowest BCUT2D eigenvalue weighted by molar-refractivity contribution is -0.0501. The molecule has 0 bridgehead atoms. The third kappa shape index (κ3) is 3.49. The van der Waals surface area contributed by atoms with Gasteiger partial charge in [-0.1, -0.05) is 0 Å². The summed E-state index contributed by atoms with van der Waals surface area (Å²) < 4.78 is 32.4. The molecule has 0 aromatic carbocycles. The van der Waals surface area contributed by atoms with E-state index in [2.05, 4.69) is 14.5 Å². The lowest BCUT2D eigenvalue weighted by atomic mass is 10.3. The van der Waals surface area contributed by atoms with E-state index < -0.39 is 12.6 Å². The maximum atomic E-state index is 11.8. The molecule has 82 valence electrons. The standard InChI is InChI=1S/C9H9F2NO3/c1-2-14-8(13)6-3-7(5-12-4-6)15-9(10)11/h3-5,9H,2H2,1H3. The van der Waals surface area contributed by atoms with Gasteiger partial charge in [0, 0.05) is 6.20 Å². The minimum Gasteiger partial charge on any atom is -0.462 e. The average Bonchev–Trinajstić information content (AvgIpc) is 2.17. The zero-order valence-corrected chi connectivity index (χ0v) is 7.94. The average molecular weight is 217 g/mol. The Labute approximate surface area is 84.8 Å². The van der Waals surface area contributed by atoms with E-state index in [1.165, 1.54) is 6.20 Å². The summed E-state index contributed by atoms with van der Waals surface area (Å²) in [6.07, 6.45) is 2.31. The molecule has 0 unspecified atom stereocenters. The van der Waals surface area contributed by atoms with Crippen molar-refractivity contribution < 1.29 is 23.0 Å². The van der Waals surface area contributed by atoms with Crippen LogP contribution in [-0.4, -0.2) is 24.2 Å². The van der Waals surface area contributed by atoms with E-state index in [-0.39, 0.29) is 17.9 Å². The normalized spacial score (nSPS) is 10.1. The first-order valence-corrected chi connectivity index (χ1v) is 4.20. The van der Waals surface area contributed by atoms with Gasteiger partial charge in [0.05, 0.1) is 18.4 Å². The molecule has 4 nitrogen and oxygen atoms in total. The van der Waals surface area contributed by atoms with Gasteiger partial charge in [-0.3, -0.25) is 4.98 Å². The van der Waals surface area contributed by atoms with Crippen LogP contribution in [0.3, 0.4) is 0 Å². The van der Waals surface area contributed by atoms with Crippen molar-refractivity contribution >= 4 is 5.97 Å². The lowest BCUT2D eigenvalue weighted by Crippen LogP contribution is -2.07. The molecule has 0 radical (unpaired) electrons. The van der Waals surface area contributed by atoms with Crippen LogP contribution < -0.4 is 4.74 Å². The monoisotopic (exact) mass is 217 g/mol. The van der Waals surface area contributed by atoms with E-state index in [1.54, 1.807) is 6.92 Å². The Morgan fingerprint density at radius 2 is 2.27 bits per heavy atom. The summed E-state index contributed by atoms with van der Waals surface area (Å²) in [4.78, 5) is 14.8. The lowest BCUT2D eigenvalue weighted by Gasteiger charge is -2.05. The SMILES string of the molecule is CCOC(=O)c1cncc(OC(F)F)c1. The van der Waals surface area contributed by atoms with Crippen molar-refractivity contribution in [1.82, 2.24) is 4.98 Å². The number of esters is 1. The second-order valence-electron chi connectivity index (χ2n) is 2.51. The number of alkyl halides is 2. The van der Waals surface area contributed by atoms with Crippen molar-refractivity contribution in [2.45, 2.75) is 13.5 Å². The van der Waals surface area contributed by atoms with E-state index in [9.17, 15) is 13.6 Å². The van der Waals surface area contributed by atoms with Crippen molar-refractivity contribution in [3.05, 3.63) is 24.0 Å². The van der Waals surface area contributed by atoms with Crippen LogP contribution in [0.4, 0.5) is 8.78 Å².